The molecule has 0 amide bonds. The van der Waals surface area contributed by atoms with Crippen LogP contribution < -0.4 is 0 Å². The minimum atomic E-state index is 0.711. The largest absolute Gasteiger partial charge is 0.455 e. The molecule has 3 nitrogen and oxygen atoms in total. The van der Waals surface area contributed by atoms with Gasteiger partial charge in [0.05, 0.1) is 11.4 Å². The fourth-order valence-corrected chi connectivity index (χ4v) is 7.57. The third-order valence-electron chi connectivity index (χ3n) is 10.1. The van der Waals surface area contributed by atoms with Crippen molar-refractivity contribution in [2.45, 2.75) is 12.8 Å². The number of furan rings is 1. The summed E-state index contributed by atoms with van der Waals surface area (Å²) in [6, 6.07) is 53.7. The lowest BCUT2D eigenvalue weighted by molar-refractivity contribution is 0.670. The highest BCUT2D eigenvalue weighted by Gasteiger charge is 2.21. The van der Waals surface area contributed by atoms with Crippen molar-refractivity contribution in [3.05, 3.63) is 176 Å². The van der Waals surface area contributed by atoms with Crippen molar-refractivity contribution in [2.24, 2.45) is 0 Å². The molecule has 0 bridgehead atoms. The van der Waals surface area contributed by atoms with Gasteiger partial charge in [-0.05, 0) is 80.9 Å². The number of fused-ring (bicyclic) bond motifs is 5. The molecule has 0 unspecified atom stereocenters. The Morgan fingerprint density at radius 2 is 1.16 bits per heavy atom. The Kier molecular flexibility index (Phi) is 6.95. The first-order chi connectivity index (χ1) is 25.3. The highest BCUT2D eigenvalue weighted by molar-refractivity contribution is 6.18. The molecule has 0 saturated heterocycles. The van der Waals surface area contributed by atoms with E-state index in [9.17, 15) is 0 Å². The van der Waals surface area contributed by atoms with E-state index in [1.165, 1.54) is 27.3 Å². The summed E-state index contributed by atoms with van der Waals surface area (Å²) in [5, 5.41) is 6.95. The van der Waals surface area contributed by atoms with E-state index in [4.69, 9.17) is 14.4 Å². The molecule has 240 valence electrons. The minimum absolute atomic E-state index is 0.711. The molecule has 0 fully saturated rings. The van der Waals surface area contributed by atoms with E-state index in [2.05, 4.69) is 152 Å². The summed E-state index contributed by atoms with van der Waals surface area (Å²) in [5.41, 5.74) is 11.2. The molecule has 2 heterocycles. The second-order valence-electron chi connectivity index (χ2n) is 13.2. The monoisotopic (exact) mass is 652 g/mol. The smallest absolute Gasteiger partial charge is 0.160 e. The van der Waals surface area contributed by atoms with E-state index >= 15 is 0 Å². The number of benzene rings is 7. The van der Waals surface area contributed by atoms with Crippen LogP contribution in [-0.2, 0) is 0 Å². The van der Waals surface area contributed by atoms with Crippen molar-refractivity contribution in [1.29, 1.82) is 0 Å². The molecule has 0 radical (unpaired) electrons. The Hall–Kier alpha value is -6.58. The van der Waals surface area contributed by atoms with E-state index in [0.29, 0.717) is 5.82 Å². The van der Waals surface area contributed by atoms with Crippen molar-refractivity contribution in [3.63, 3.8) is 0 Å². The van der Waals surface area contributed by atoms with Gasteiger partial charge >= 0.3 is 0 Å². The standard InChI is InChI=1S/C48H32N2O/c1-3-13-34(14-4-1)43-30-44(50-48(49-43)35-15-5-2-6-16-35)41-27-26-40(47-46(41)42-28-36-17-7-8-18-37(36)29-45(42)51-47)33-24-22-32(23-25-33)39-21-11-19-31-12-9-10-20-38(31)39/h2-3,5-30H,1,4H2. The second-order valence-corrected chi connectivity index (χ2v) is 13.2. The summed E-state index contributed by atoms with van der Waals surface area (Å²) < 4.78 is 6.88. The predicted octanol–water partition coefficient (Wildman–Crippen LogP) is 13.1. The number of hydrogen-bond donors (Lipinski definition) is 0. The second kappa shape index (κ2) is 12.1. The van der Waals surface area contributed by atoms with Crippen LogP contribution in [-0.4, -0.2) is 9.97 Å². The minimum Gasteiger partial charge on any atom is -0.455 e. The van der Waals surface area contributed by atoms with E-state index in [1.54, 1.807) is 0 Å². The lowest BCUT2D eigenvalue weighted by Crippen LogP contribution is -1.99. The molecule has 0 aliphatic heterocycles. The van der Waals surface area contributed by atoms with E-state index < -0.39 is 0 Å². The van der Waals surface area contributed by atoms with Crippen LogP contribution in [0.2, 0.25) is 0 Å². The summed E-state index contributed by atoms with van der Waals surface area (Å²) in [7, 11) is 0. The van der Waals surface area contributed by atoms with Crippen LogP contribution in [0.3, 0.4) is 0 Å². The Labute approximate surface area is 295 Å². The maximum atomic E-state index is 6.88. The van der Waals surface area contributed by atoms with Crippen molar-refractivity contribution < 1.29 is 4.42 Å². The van der Waals surface area contributed by atoms with Crippen LogP contribution in [0.5, 0.6) is 0 Å². The Balaban J connectivity index is 1.20. The zero-order valence-electron chi connectivity index (χ0n) is 27.9. The van der Waals surface area contributed by atoms with Gasteiger partial charge in [0, 0.05) is 27.5 Å². The van der Waals surface area contributed by atoms with E-state index in [0.717, 1.165) is 79.4 Å². The quantitative estimate of drug-likeness (QED) is 0.186. The zero-order chi connectivity index (χ0) is 33.7. The van der Waals surface area contributed by atoms with Gasteiger partial charge in [-0.1, -0.05) is 146 Å². The van der Waals surface area contributed by atoms with Crippen LogP contribution in [0.4, 0.5) is 0 Å². The first-order valence-electron chi connectivity index (χ1n) is 17.6. The fourth-order valence-electron chi connectivity index (χ4n) is 7.57. The van der Waals surface area contributed by atoms with Crippen molar-refractivity contribution >= 4 is 49.1 Å². The van der Waals surface area contributed by atoms with Crippen LogP contribution in [0, 0.1) is 0 Å². The van der Waals surface area contributed by atoms with Gasteiger partial charge < -0.3 is 4.42 Å². The van der Waals surface area contributed by atoms with E-state index in [-0.39, 0.29) is 0 Å². The number of rotatable bonds is 5. The maximum Gasteiger partial charge on any atom is 0.160 e. The normalized spacial score (nSPS) is 13.0. The molecule has 0 N–H and O–H groups in total. The van der Waals surface area contributed by atoms with Gasteiger partial charge in [-0.15, -0.1) is 0 Å². The molecule has 1 aliphatic carbocycles. The van der Waals surface area contributed by atoms with Crippen LogP contribution in [0.25, 0.3) is 94.0 Å². The highest BCUT2D eigenvalue weighted by Crippen LogP contribution is 2.43. The maximum absolute atomic E-state index is 6.88. The molecule has 10 rings (SSSR count). The van der Waals surface area contributed by atoms with Crippen molar-refractivity contribution in [3.8, 4) is 44.9 Å². The number of allylic oxidation sites excluding steroid dienone is 4. The average Bonchev–Trinajstić information content (AvgIpc) is 3.58. The molecule has 51 heavy (non-hydrogen) atoms. The molecule has 0 saturated carbocycles. The molecule has 3 heteroatoms. The Morgan fingerprint density at radius 1 is 0.471 bits per heavy atom. The summed E-state index contributed by atoms with van der Waals surface area (Å²) in [6.07, 6.45) is 8.74. The number of hydrogen-bond acceptors (Lipinski definition) is 3. The van der Waals surface area contributed by atoms with Gasteiger partial charge in [0.15, 0.2) is 5.82 Å². The third kappa shape index (κ3) is 5.14. The first-order valence-corrected chi connectivity index (χ1v) is 17.6. The molecule has 9 aromatic rings. The molecule has 1 aliphatic rings. The average molecular weight is 653 g/mol. The SMILES string of the molecule is C1=CC(c2cc(-c3ccc(-c4ccc(-c5cccc6ccccc56)cc4)c4oc5cc6ccccc6cc5c34)nc(-c3ccccc3)n2)=CCC1. The van der Waals surface area contributed by atoms with Crippen LogP contribution in [0.1, 0.15) is 18.5 Å². The van der Waals surface area contributed by atoms with Gasteiger partial charge in [0.25, 0.3) is 0 Å². The third-order valence-corrected chi connectivity index (χ3v) is 10.1. The summed E-state index contributed by atoms with van der Waals surface area (Å²) in [4.78, 5) is 10.3. The molecule has 7 aromatic carbocycles. The van der Waals surface area contributed by atoms with E-state index in [1.807, 2.05) is 18.2 Å². The van der Waals surface area contributed by atoms with Gasteiger partial charge in [-0.3, -0.25) is 0 Å². The molecule has 0 atom stereocenters. The topological polar surface area (TPSA) is 38.9 Å². The van der Waals surface area contributed by atoms with Crippen LogP contribution >= 0.6 is 0 Å². The number of aromatic nitrogens is 2. The molecular weight excluding hydrogens is 621 g/mol. The van der Waals surface area contributed by atoms with Crippen LogP contribution in [0.15, 0.2) is 174 Å². The van der Waals surface area contributed by atoms with Crippen molar-refractivity contribution in [1.82, 2.24) is 9.97 Å². The molecule has 2 aromatic heterocycles. The lowest BCUT2D eigenvalue weighted by Gasteiger charge is -2.13. The highest BCUT2D eigenvalue weighted by atomic mass is 16.3. The van der Waals surface area contributed by atoms with Gasteiger partial charge in [0.1, 0.15) is 11.2 Å². The fraction of sp³-hybridized carbons (Fsp3) is 0.0417. The zero-order valence-corrected chi connectivity index (χ0v) is 27.9. The van der Waals surface area contributed by atoms with Gasteiger partial charge in [0.2, 0.25) is 0 Å². The van der Waals surface area contributed by atoms with Crippen molar-refractivity contribution in [2.75, 3.05) is 0 Å². The Morgan fingerprint density at radius 3 is 1.96 bits per heavy atom. The lowest BCUT2D eigenvalue weighted by atomic mass is 9.93. The molecule has 0 spiro atoms. The summed E-state index contributed by atoms with van der Waals surface area (Å²) >= 11 is 0. The predicted molar refractivity (Wildman–Crippen MR) is 212 cm³/mol. The van der Waals surface area contributed by atoms with Gasteiger partial charge in [-0.2, -0.15) is 0 Å². The summed E-state index contributed by atoms with van der Waals surface area (Å²) in [6.45, 7) is 0. The molecular formula is C48H32N2O. The summed E-state index contributed by atoms with van der Waals surface area (Å²) in [5.74, 6) is 0.711. The Bertz CT molecular complexity index is 2840. The van der Waals surface area contributed by atoms with Gasteiger partial charge in [-0.25, -0.2) is 9.97 Å². The first kappa shape index (κ1) is 29.3. The number of nitrogens with zero attached hydrogens (tertiary/aromatic N) is 2.